The molecule has 1 aromatic heterocycles. The normalized spacial score (nSPS) is 10.5. The lowest BCUT2D eigenvalue weighted by molar-refractivity contribution is -0.137. The second-order valence-corrected chi connectivity index (χ2v) is 6.24. The summed E-state index contributed by atoms with van der Waals surface area (Å²) in [5, 5.41) is 9.94. The molecule has 0 radical (unpaired) electrons. The number of rotatable bonds is 5. The Morgan fingerprint density at radius 2 is 1.88 bits per heavy atom. The van der Waals surface area contributed by atoms with Crippen molar-refractivity contribution < 1.29 is 14.6 Å². The number of nitrogens with zero attached hydrogens (tertiary/aromatic N) is 2. The van der Waals surface area contributed by atoms with Crippen molar-refractivity contribution in [2.24, 2.45) is 0 Å². The standard InChI is InChI=1S/C20H18N2O3S/c1-22(12-19(23)24)20(26)16-11-18(13-7-9-14(25-2)10-8-13)21-17-6-4-3-5-15(16)17/h3-11H,12H2,1-2H3,(H,23,24). The average molecular weight is 366 g/mol. The Balaban J connectivity index is 2.11. The second kappa shape index (κ2) is 7.49. The van der Waals surface area contributed by atoms with E-state index in [1.165, 1.54) is 0 Å². The first kappa shape index (κ1) is 17.8. The average Bonchev–Trinajstić information content (AvgIpc) is 2.66. The molecule has 0 fully saturated rings. The lowest BCUT2D eigenvalue weighted by atomic mass is 10.0. The van der Waals surface area contributed by atoms with Crippen LogP contribution in [-0.2, 0) is 4.79 Å². The molecule has 0 atom stereocenters. The largest absolute Gasteiger partial charge is 0.497 e. The SMILES string of the molecule is COc1ccc(-c2cc(C(=S)N(C)CC(=O)O)c3ccccc3n2)cc1. The number of likely N-dealkylation sites (N-methyl/N-ethyl adjacent to an activating group) is 1. The summed E-state index contributed by atoms with van der Waals surface area (Å²) >= 11 is 5.55. The van der Waals surface area contributed by atoms with Crippen molar-refractivity contribution in [2.45, 2.75) is 0 Å². The van der Waals surface area contributed by atoms with Crippen molar-refractivity contribution in [1.29, 1.82) is 0 Å². The monoisotopic (exact) mass is 366 g/mol. The van der Waals surface area contributed by atoms with Crippen LogP contribution >= 0.6 is 12.2 Å². The number of benzene rings is 2. The third-order valence-corrected chi connectivity index (χ3v) is 4.58. The van der Waals surface area contributed by atoms with Gasteiger partial charge in [0.1, 0.15) is 17.3 Å². The first-order chi connectivity index (χ1) is 12.5. The number of pyridine rings is 1. The van der Waals surface area contributed by atoms with Gasteiger partial charge in [0.15, 0.2) is 0 Å². The summed E-state index contributed by atoms with van der Waals surface area (Å²) in [4.78, 5) is 17.8. The van der Waals surface area contributed by atoms with E-state index in [4.69, 9.17) is 27.0 Å². The summed E-state index contributed by atoms with van der Waals surface area (Å²) in [6.45, 7) is -0.159. The van der Waals surface area contributed by atoms with Crippen molar-refractivity contribution >= 4 is 34.1 Å². The molecule has 3 aromatic rings. The number of carbonyl (C=O) groups is 1. The quantitative estimate of drug-likeness (QED) is 0.696. The van der Waals surface area contributed by atoms with Crippen molar-refractivity contribution in [2.75, 3.05) is 20.7 Å². The number of hydrogen-bond donors (Lipinski definition) is 1. The molecule has 1 N–H and O–H groups in total. The lowest BCUT2D eigenvalue weighted by Crippen LogP contribution is -2.31. The molecule has 1 heterocycles. The zero-order chi connectivity index (χ0) is 18.7. The van der Waals surface area contributed by atoms with Gasteiger partial charge in [0, 0.05) is 23.6 Å². The summed E-state index contributed by atoms with van der Waals surface area (Å²) in [5.41, 5.74) is 3.30. The summed E-state index contributed by atoms with van der Waals surface area (Å²) < 4.78 is 5.20. The van der Waals surface area contributed by atoms with E-state index in [0.29, 0.717) is 4.99 Å². The zero-order valence-electron chi connectivity index (χ0n) is 14.5. The molecule has 2 aromatic carbocycles. The molecule has 0 aliphatic carbocycles. The van der Waals surface area contributed by atoms with Crippen molar-refractivity contribution in [1.82, 2.24) is 9.88 Å². The first-order valence-electron chi connectivity index (χ1n) is 8.01. The van der Waals surface area contributed by atoms with Crippen LogP contribution in [0.4, 0.5) is 0 Å². The van der Waals surface area contributed by atoms with Gasteiger partial charge in [-0.2, -0.15) is 0 Å². The van der Waals surface area contributed by atoms with Gasteiger partial charge in [-0.05, 0) is 36.4 Å². The maximum Gasteiger partial charge on any atom is 0.323 e. The Kier molecular flexibility index (Phi) is 5.14. The van der Waals surface area contributed by atoms with E-state index >= 15 is 0 Å². The van der Waals surface area contributed by atoms with Crippen molar-refractivity contribution in [3.05, 3.63) is 60.2 Å². The Morgan fingerprint density at radius 3 is 2.54 bits per heavy atom. The molecule has 0 unspecified atom stereocenters. The van der Waals surface area contributed by atoms with E-state index in [1.807, 2.05) is 54.6 Å². The molecule has 0 saturated carbocycles. The molecule has 6 heteroatoms. The first-order valence-corrected chi connectivity index (χ1v) is 8.42. The van der Waals surface area contributed by atoms with Gasteiger partial charge in [-0.15, -0.1) is 0 Å². The molecular formula is C20H18N2O3S. The molecule has 0 aliphatic heterocycles. The number of fused-ring (bicyclic) bond motifs is 1. The zero-order valence-corrected chi connectivity index (χ0v) is 15.3. The van der Waals surface area contributed by atoms with E-state index in [0.717, 1.165) is 33.5 Å². The van der Waals surface area contributed by atoms with E-state index < -0.39 is 5.97 Å². The van der Waals surface area contributed by atoms with Gasteiger partial charge < -0.3 is 14.7 Å². The van der Waals surface area contributed by atoms with Crippen LogP contribution in [0.1, 0.15) is 5.56 Å². The van der Waals surface area contributed by atoms with Crippen LogP contribution < -0.4 is 4.74 Å². The number of thiocarbonyl (C=S) groups is 1. The van der Waals surface area contributed by atoms with Gasteiger partial charge in [-0.1, -0.05) is 30.4 Å². The number of methoxy groups -OCH3 is 1. The summed E-state index contributed by atoms with van der Waals surface area (Å²) in [7, 11) is 3.30. The van der Waals surface area contributed by atoms with E-state index in [1.54, 1.807) is 19.1 Å². The third kappa shape index (κ3) is 3.65. The van der Waals surface area contributed by atoms with Crippen molar-refractivity contribution in [3.63, 3.8) is 0 Å². The molecule has 0 spiro atoms. The van der Waals surface area contributed by atoms with Crippen LogP contribution in [0.2, 0.25) is 0 Å². The Hall–Kier alpha value is -2.99. The van der Waals surface area contributed by atoms with Gasteiger partial charge in [0.25, 0.3) is 0 Å². The summed E-state index contributed by atoms with van der Waals surface area (Å²) in [5.74, 6) is -0.157. The highest BCUT2D eigenvalue weighted by Gasteiger charge is 2.16. The van der Waals surface area contributed by atoms with Crippen molar-refractivity contribution in [3.8, 4) is 17.0 Å². The molecule has 3 rings (SSSR count). The maximum atomic E-state index is 11.0. The second-order valence-electron chi connectivity index (χ2n) is 5.86. The van der Waals surface area contributed by atoms with Crippen LogP contribution in [0.5, 0.6) is 5.75 Å². The predicted molar refractivity (Wildman–Crippen MR) is 106 cm³/mol. The van der Waals surface area contributed by atoms with Crippen LogP contribution in [0.3, 0.4) is 0 Å². The summed E-state index contributed by atoms with van der Waals surface area (Å²) in [6, 6.07) is 17.2. The number of aromatic nitrogens is 1. The highest BCUT2D eigenvalue weighted by Crippen LogP contribution is 2.27. The molecule has 0 bridgehead atoms. The number of para-hydroxylation sites is 1. The highest BCUT2D eigenvalue weighted by atomic mass is 32.1. The lowest BCUT2D eigenvalue weighted by Gasteiger charge is -2.20. The third-order valence-electron chi connectivity index (χ3n) is 4.05. The Morgan fingerprint density at radius 1 is 1.19 bits per heavy atom. The fourth-order valence-corrected chi connectivity index (χ4v) is 2.98. The van der Waals surface area contributed by atoms with E-state index in [-0.39, 0.29) is 6.54 Å². The van der Waals surface area contributed by atoms with Gasteiger partial charge in [-0.25, -0.2) is 4.98 Å². The highest BCUT2D eigenvalue weighted by molar-refractivity contribution is 7.80. The van der Waals surface area contributed by atoms with E-state index in [2.05, 4.69) is 0 Å². The van der Waals surface area contributed by atoms with E-state index in [9.17, 15) is 4.79 Å². The number of carboxylic acids is 1. The minimum atomic E-state index is -0.927. The minimum Gasteiger partial charge on any atom is -0.497 e. The minimum absolute atomic E-state index is 0.159. The molecular weight excluding hydrogens is 348 g/mol. The Labute approximate surface area is 156 Å². The fourth-order valence-electron chi connectivity index (χ4n) is 2.74. The number of ether oxygens (including phenoxy) is 1. The smallest absolute Gasteiger partial charge is 0.323 e. The summed E-state index contributed by atoms with van der Waals surface area (Å²) in [6.07, 6.45) is 0. The molecule has 0 aliphatic rings. The molecule has 132 valence electrons. The number of hydrogen-bond acceptors (Lipinski definition) is 4. The van der Waals surface area contributed by atoms with Gasteiger partial charge in [0.05, 0.1) is 18.3 Å². The van der Waals surface area contributed by atoms with Crippen LogP contribution in [0, 0.1) is 0 Å². The van der Waals surface area contributed by atoms with Gasteiger partial charge >= 0.3 is 5.97 Å². The van der Waals surface area contributed by atoms with Crippen LogP contribution in [0.25, 0.3) is 22.2 Å². The van der Waals surface area contributed by atoms with Crippen LogP contribution in [-0.4, -0.2) is 46.7 Å². The molecule has 0 saturated heterocycles. The van der Waals surface area contributed by atoms with Crippen LogP contribution in [0.15, 0.2) is 54.6 Å². The Bertz CT molecular complexity index is 970. The number of carboxylic acid groups (broad SMARTS) is 1. The van der Waals surface area contributed by atoms with Gasteiger partial charge in [0.2, 0.25) is 0 Å². The molecule has 26 heavy (non-hydrogen) atoms. The molecule has 0 amide bonds. The van der Waals surface area contributed by atoms with Gasteiger partial charge in [-0.3, -0.25) is 4.79 Å². The topological polar surface area (TPSA) is 62.7 Å². The number of aliphatic carboxylic acids is 1. The molecule has 5 nitrogen and oxygen atoms in total. The maximum absolute atomic E-state index is 11.0. The fraction of sp³-hybridized carbons (Fsp3) is 0.150. The predicted octanol–water partition coefficient (Wildman–Crippen LogP) is 3.60.